The number of nitrogens with zero attached hydrogens (tertiary/aromatic N) is 1. The number of amides is 2. The minimum atomic E-state index is -1.17. The molecule has 3 rings (SSSR count). The third-order valence-electron chi connectivity index (χ3n) is 4.43. The average Bonchev–Trinajstić information content (AvgIpc) is 3.10. The fourth-order valence-electron chi connectivity index (χ4n) is 2.60. The van der Waals surface area contributed by atoms with E-state index in [1.54, 1.807) is 31.2 Å². The van der Waals surface area contributed by atoms with E-state index in [-0.39, 0.29) is 13.0 Å². The third-order valence-corrected chi connectivity index (χ3v) is 5.53. The van der Waals surface area contributed by atoms with Crippen molar-refractivity contribution in [1.82, 2.24) is 0 Å². The predicted molar refractivity (Wildman–Crippen MR) is 90.5 cm³/mol. The van der Waals surface area contributed by atoms with Gasteiger partial charge in [0.2, 0.25) is 0 Å². The molecule has 2 amide bonds. The molecule has 7 nitrogen and oxygen atoms in total. The molecule has 1 heterocycles. The second kappa shape index (κ2) is 6.07. The maximum Gasteiger partial charge on any atom is 0.315 e. The Morgan fingerprint density at radius 1 is 1.36 bits per heavy atom. The average molecular weight is 387 g/mol. The first-order valence-corrected chi connectivity index (χ1v) is 8.32. The summed E-state index contributed by atoms with van der Waals surface area (Å²) in [6, 6.07) is 6.72. The maximum atomic E-state index is 12.5. The molecule has 1 saturated carbocycles. The van der Waals surface area contributed by atoms with Crippen LogP contribution < -0.4 is 15.4 Å². The molecular weight excluding hydrogens is 371 g/mol. The highest BCUT2D eigenvalue weighted by Gasteiger charge is 2.69. The maximum absolute atomic E-state index is 12.5. The van der Waals surface area contributed by atoms with Crippen LogP contribution in [0, 0.1) is 5.41 Å². The van der Waals surface area contributed by atoms with Crippen molar-refractivity contribution in [3.63, 3.8) is 0 Å². The first-order chi connectivity index (χ1) is 11.7. The molecular formula is C16H16Cl2N2O5. The van der Waals surface area contributed by atoms with Gasteiger partial charge in [0.05, 0.1) is 12.2 Å². The van der Waals surface area contributed by atoms with Gasteiger partial charge in [0.1, 0.15) is 15.5 Å². The number of fused-ring (bicyclic) bond motifs is 1. The molecule has 0 spiro atoms. The molecule has 2 aliphatic rings. The zero-order chi connectivity index (χ0) is 18.4. The molecule has 2 unspecified atom stereocenters. The van der Waals surface area contributed by atoms with Gasteiger partial charge >= 0.3 is 5.97 Å². The second-order valence-corrected chi connectivity index (χ2v) is 7.75. The van der Waals surface area contributed by atoms with Gasteiger partial charge in [-0.1, -0.05) is 12.1 Å². The number of esters is 1. The Balaban J connectivity index is 1.71. The molecule has 0 aromatic heterocycles. The normalized spacial score (nSPS) is 26.2. The van der Waals surface area contributed by atoms with E-state index in [4.69, 9.17) is 38.4 Å². The van der Waals surface area contributed by atoms with Crippen LogP contribution in [0.2, 0.25) is 0 Å². The highest BCUT2D eigenvalue weighted by atomic mass is 35.5. The van der Waals surface area contributed by atoms with Gasteiger partial charge in [0.25, 0.3) is 11.8 Å². The van der Waals surface area contributed by atoms with Gasteiger partial charge in [-0.25, -0.2) is 0 Å². The SMILES string of the molecule is CC1(C(=O)OCC(=O)N2CC(C(N)=O)Oc3ccccc32)CC1(Cl)Cl. The Morgan fingerprint density at radius 3 is 2.60 bits per heavy atom. The van der Waals surface area contributed by atoms with Gasteiger partial charge in [-0.05, 0) is 19.1 Å². The topological polar surface area (TPSA) is 98.9 Å². The lowest BCUT2D eigenvalue weighted by atomic mass is 10.1. The Morgan fingerprint density at radius 2 is 2.00 bits per heavy atom. The predicted octanol–water partition coefficient (Wildman–Crippen LogP) is 1.39. The van der Waals surface area contributed by atoms with Crippen LogP contribution >= 0.6 is 23.2 Å². The number of primary amides is 1. The standard InChI is InChI=1S/C16H16Cl2N2O5/c1-15(8-16(15,17)18)14(23)24-7-12(21)20-6-11(13(19)22)25-10-5-3-2-4-9(10)20/h2-5,11H,6-8H2,1H3,(H2,19,22). The zero-order valence-electron chi connectivity index (χ0n) is 13.3. The lowest BCUT2D eigenvalue weighted by Crippen LogP contribution is -2.50. The number of hydrogen-bond donors (Lipinski definition) is 1. The highest BCUT2D eigenvalue weighted by molar-refractivity contribution is 6.53. The molecule has 1 aliphatic carbocycles. The van der Waals surface area contributed by atoms with E-state index >= 15 is 0 Å². The number of benzene rings is 1. The van der Waals surface area contributed by atoms with Crippen molar-refractivity contribution in [3.05, 3.63) is 24.3 Å². The monoisotopic (exact) mass is 386 g/mol. The number of carbonyl (C=O) groups is 3. The van der Waals surface area contributed by atoms with Crippen molar-refractivity contribution in [2.24, 2.45) is 11.1 Å². The number of halogens is 2. The molecule has 2 N–H and O–H groups in total. The fourth-order valence-corrected chi connectivity index (χ4v) is 3.29. The van der Waals surface area contributed by atoms with Crippen LogP contribution in [-0.2, 0) is 19.1 Å². The van der Waals surface area contributed by atoms with E-state index in [0.29, 0.717) is 11.4 Å². The van der Waals surface area contributed by atoms with Gasteiger partial charge in [-0.2, -0.15) is 0 Å². The minimum absolute atomic E-state index is 0.0606. The number of hydrogen-bond acceptors (Lipinski definition) is 5. The van der Waals surface area contributed by atoms with E-state index in [1.807, 2.05) is 0 Å². The summed E-state index contributed by atoms with van der Waals surface area (Å²) in [5, 5.41) is 0. The highest BCUT2D eigenvalue weighted by Crippen LogP contribution is 2.64. The van der Waals surface area contributed by atoms with Crippen LogP contribution in [0.5, 0.6) is 5.75 Å². The van der Waals surface area contributed by atoms with Crippen LogP contribution in [0.25, 0.3) is 0 Å². The van der Waals surface area contributed by atoms with Crippen molar-refractivity contribution in [1.29, 1.82) is 0 Å². The fraction of sp³-hybridized carbons (Fsp3) is 0.438. The van der Waals surface area contributed by atoms with Gasteiger partial charge in [0, 0.05) is 6.42 Å². The Bertz CT molecular complexity index is 754. The van der Waals surface area contributed by atoms with Crippen LogP contribution in [0.1, 0.15) is 13.3 Å². The Kier molecular flexibility index (Phi) is 4.33. The van der Waals surface area contributed by atoms with Crippen molar-refractivity contribution in [2.45, 2.75) is 23.8 Å². The van der Waals surface area contributed by atoms with Crippen LogP contribution in [-0.4, -0.2) is 41.4 Å². The number of anilines is 1. The first kappa shape index (κ1) is 17.8. The number of rotatable bonds is 4. The van der Waals surface area contributed by atoms with Crippen molar-refractivity contribution >= 4 is 46.7 Å². The largest absolute Gasteiger partial charge is 0.477 e. The summed E-state index contributed by atoms with van der Waals surface area (Å²) >= 11 is 11.9. The number of alkyl halides is 2. The van der Waals surface area contributed by atoms with E-state index in [1.165, 1.54) is 4.90 Å². The molecule has 25 heavy (non-hydrogen) atoms. The summed E-state index contributed by atoms with van der Waals surface area (Å²) in [4.78, 5) is 37.4. The summed E-state index contributed by atoms with van der Waals surface area (Å²) in [7, 11) is 0. The molecule has 1 aliphatic heterocycles. The molecule has 134 valence electrons. The molecule has 1 aromatic carbocycles. The number of carbonyl (C=O) groups excluding carboxylic acids is 3. The smallest absolute Gasteiger partial charge is 0.315 e. The minimum Gasteiger partial charge on any atom is -0.477 e. The van der Waals surface area contributed by atoms with E-state index < -0.39 is 40.2 Å². The molecule has 0 radical (unpaired) electrons. The van der Waals surface area contributed by atoms with Gasteiger partial charge in [-0.15, -0.1) is 23.2 Å². The third kappa shape index (κ3) is 3.14. The van der Waals surface area contributed by atoms with Gasteiger partial charge < -0.3 is 20.1 Å². The molecule has 0 saturated heterocycles. The van der Waals surface area contributed by atoms with Crippen molar-refractivity contribution in [3.8, 4) is 5.75 Å². The Hall–Kier alpha value is -1.99. The van der Waals surface area contributed by atoms with Crippen LogP contribution in [0.4, 0.5) is 5.69 Å². The molecule has 2 atom stereocenters. The van der Waals surface area contributed by atoms with Crippen LogP contribution in [0.3, 0.4) is 0 Å². The lowest BCUT2D eigenvalue weighted by Gasteiger charge is -2.33. The summed E-state index contributed by atoms with van der Waals surface area (Å²) < 4.78 is 9.38. The number of para-hydroxylation sites is 2. The zero-order valence-corrected chi connectivity index (χ0v) is 14.8. The summed E-state index contributed by atoms with van der Waals surface area (Å²) in [6.07, 6.45) is -0.714. The number of ether oxygens (including phenoxy) is 2. The molecule has 1 fully saturated rings. The molecule has 0 bridgehead atoms. The van der Waals surface area contributed by atoms with E-state index in [0.717, 1.165) is 0 Å². The lowest BCUT2D eigenvalue weighted by molar-refractivity contribution is -0.153. The number of nitrogens with two attached hydrogens (primary N) is 1. The van der Waals surface area contributed by atoms with Crippen molar-refractivity contribution < 1.29 is 23.9 Å². The van der Waals surface area contributed by atoms with E-state index in [2.05, 4.69) is 0 Å². The van der Waals surface area contributed by atoms with Crippen molar-refractivity contribution in [2.75, 3.05) is 18.1 Å². The van der Waals surface area contributed by atoms with Gasteiger partial charge in [0.15, 0.2) is 12.7 Å². The van der Waals surface area contributed by atoms with Gasteiger partial charge in [-0.3, -0.25) is 14.4 Å². The molecule has 9 heteroatoms. The first-order valence-electron chi connectivity index (χ1n) is 7.56. The van der Waals surface area contributed by atoms with Crippen LogP contribution in [0.15, 0.2) is 24.3 Å². The molecule has 1 aromatic rings. The summed E-state index contributed by atoms with van der Waals surface area (Å²) in [6.45, 7) is 1.01. The Labute approximate surface area is 153 Å². The summed E-state index contributed by atoms with van der Waals surface area (Å²) in [5.41, 5.74) is 4.74. The summed E-state index contributed by atoms with van der Waals surface area (Å²) in [5.74, 6) is -1.48. The second-order valence-electron chi connectivity index (χ2n) is 6.27. The quantitative estimate of drug-likeness (QED) is 0.622. The van der Waals surface area contributed by atoms with E-state index in [9.17, 15) is 14.4 Å².